The van der Waals surface area contributed by atoms with Crippen LogP contribution in [-0.4, -0.2) is 10.8 Å². The lowest BCUT2D eigenvalue weighted by atomic mass is 10.1. The lowest BCUT2D eigenvalue weighted by Crippen LogP contribution is -2.26. The van der Waals surface area contributed by atoms with Crippen LogP contribution in [0.5, 0.6) is 0 Å². The molecule has 2 aromatic carbocycles. The fourth-order valence-corrected chi connectivity index (χ4v) is 2.42. The molecule has 0 bridgehead atoms. The lowest BCUT2D eigenvalue weighted by Gasteiger charge is -2.16. The summed E-state index contributed by atoms with van der Waals surface area (Å²) < 4.78 is 39.8. The lowest BCUT2D eigenvalue weighted by molar-refractivity contribution is 0.0745. The van der Waals surface area contributed by atoms with E-state index in [1.165, 1.54) is 4.90 Å². The first-order valence-electron chi connectivity index (χ1n) is 6.27. The maximum Gasteiger partial charge on any atom is 0.257 e. The zero-order valence-corrected chi connectivity index (χ0v) is 10.9. The van der Waals surface area contributed by atoms with Gasteiger partial charge in [0, 0.05) is 18.8 Å². The first kappa shape index (κ1) is 13.5. The Morgan fingerprint density at radius 1 is 1.00 bits per heavy atom. The summed E-state index contributed by atoms with van der Waals surface area (Å²) in [7, 11) is 0. The predicted molar refractivity (Wildman–Crippen MR) is 70.7 cm³/mol. The monoisotopic (exact) mass is 292 g/mol. The van der Waals surface area contributed by atoms with Gasteiger partial charge < -0.3 is 10.6 Å². The average Bonchev–Trinajstić information content (AvgIpc) is 2.87. The van der Waals surface area contributed by atoms with Crippen LogP contribution < -0.4 is 5.73 Å². The van der Waals surface area contributed by atoms with E-state index in [0.29, 0.717) is 5.69 Å². The minimum Gasteiger partial charge on any atom is -0.399 e. The van der Waals surface area contributed by atoms with Crippen molar-refractivity contribution in [2.45, 2.75) is 13.1 Å². The normalized spacial score (nSPS) is 13.4. The van der Waals surface area contributed by atoms with Gasteiger partial charge in [0.1, 0.15) is 0 Å². The van der Waals surface area contributed by atoms with Crippen molar-refractivity contribution in [2.24, 2.45) is 0 Å². The van der Waals surface area contributed by atoms with Gasteiger partial charge in [-0.15, -0.1) is 0 Å². The Hall–Kier alpha value is -2.50. The van der Waals surface area contributed by atoms with Gasteiger partial charge in [-0.2, -0.15) is 0 Å². The first-order chi connectivity index (χ1) is 9.97. The van der Waals surface area contributed by atoms with Gasteiger partial charge in [0.15, 0.2) is 17.5 Å². The molecule has 0 aromatic heterocycles. The number of carbonyl (C=O) groups is 1. The molecule has 21 heavy (non-hydrogen) atoms. The van der Waals surface area contributed by atoms with Crippen LogP contribution in [0.2, 0.25) is 0 Å². The van der Waals surface area contributed by atoms with Crippen molar-refractivity contribution in [3.63, 3.8) is 0 Å². The Bertz CT molecular complexity index is 746. The molecule has 2 N–H and O–H groups in total. The maximum absolute atomic E-state index is 13.7. The summed E-state index contributed by atoms with van der Waals surface area (Å²) in [6.45, 7) is 0.546. The molecular formula is C15H11F3N2O. The molecule has 0 fully saturated rings. The predicted octanol–water partition coefficient (Wildman–Crippen LogP) is 2.84. The van der Waals surface area contributed by atoms with Gasteiger partial charge >= 0.3 is 0 Å². The highest BCUT2D eigenvalue weighted by atomic mass is 19.2. The average molecular weight is 292 g/mol. The molecule has 6 heteroatoms. The SMILES string of the molecule is Nc1ccc2c(c1)CN(C(=O)c1ccc(F)c(F)c1F)C2. The van der Waals surface area contributed by atoms with Gasteiger partial charge in [-0.3, -0.25) is 4.79 Å². The fourth-order valence-electron chi connectivity index (χ4n) is 2.42. The van der Waals surface area contributed by atoms with E-state index in [4.69, 9.17) is 5.73 Å². The van der Waals surface area contributed by atoms with Crippen LogP contribution in [0.25, 0.3) is 0 Å². The third-order valence-electron chi connectivity index (χ3n) is 3.51. The van der Waals surface area contributed by atoms with Crippen LogP contribution in [0, 0.1) is 17.5 Å². The molecule has 1 heterocycles. The summed E-state index contributed by atoms with van der Waals surface area (Å²) in [6, 6.07) is 6.94. The van der Waals surface area contributed by atoms with Crippen molar-refractivity contribution in [1.29, 1.82) is 0 Å². The van der Waals surface area contributed by atoms with Gasteiger partial charge in [0.05, 0.1) is 5.56 Å². The largest absolute Gasteiger partial charge is 0.399 e. The van der Waals surface area contributed by atoms with E-state index in [0.717, 1.165) is 23.3 Å². The van der Waals surface area contributed by atoms with E-state index < -0.39 is 28.9 Å². The molecule has 3 rings (SSSR count). The van der Waals surface area contributed by atoms with E-state index in [1.807, 2.05) is 0 Å². The molecule has 3 nitrogen and oxygen atoms in total. The van der Waals surface area contributed by atoms with Crippen molar-refractivity contribution < 1.29 is 18.0 Å². The van der Waals surface area contributed by atoms with Crippen LogP contribution in [-0.2, 0) is 13.1 Å². The summed E-state index contributed by atoms with van der Waals surface area (Å²) in [5.74, 6) is -5.10. The van der Waals surface area contributed by atoms with Gasteiger partial charge in [0.2, 0.25) is 0 Å². The molecule has 1 amide bonds. The Kier molecular flexibility index (Phi) is 3.08. The Balaban J connectivity index is 1.90. The number of rotatable bonds is 1. The Morgan fingerprint density at radius 2 is 1.71 bits per heavy atom. The molecule has 1 aliphatic rings. The standard InChI is InChI=1S/C15H11F3N2O/c16-12-4-3-11(13(17)14(12)18)15(21)20-6-8-1-2-10(19)5-9(8)7-20/h1-5H,6-7,19H2. The van der Waals surface area contributed by atoms with E-state index in [2.05, 4.69) is 0 Å². The number of benzene rings is 2. The highest BCUT2D eigenvalue weighted by Gasteiger charge is 2.27. The van der Waals surface area contributed by atoms with E-state index in [-0.39, 0.29) is 13.1 Å². The number of amides is 1. The molecule has 0 saturated heterocycles. The molecule has 0 aliphatic carbocycles. The van der Waals surface area contributed by atoms with Crippen LogP contribution in [0.3, 0.4) is 0 Å². The second-order valence-electron chi connectivity index (χ2n) is 4.91. The fraction of sp³-hybridized carbons (Fsp3) is 0.133. The number of nitrogen functional groups attached to an aromatic ring is 1. The van der Waals surface area contributed by atoms with Crippen molar-refractivity contribution in [3.05, 3.63) is 64.5 Å². The highest BCUT2D eigenvalue weighted by molar-refractivity contribution is 5.94. The summed E-state index contributed by atoms with van der Waals surface area (Å²) in [6.07, 6.45) is 0. The topological polar surface area (TPSA) is 46.3 Å². The molecule has 1 aliphatic heterocycles. The van der Waals surface area contributed by atoms with Gasteiger partial charge in [-0.05, 0) is 35.4 Å². The van der Waals surface area contributed by atoms with Crippen LogP contribution >= 0.6 is 0 Å². The third kappa shape index (κ3) is 2.22. The molecule has 0 spiro atoms. The number of nitrogens with two attached hydrogens (primary N) is 1. The summed E-state index contributed by atoms with van der Waals surface area (Å²) in [5.41, 5.74) is 7.53. The Labute approximate surface area is 118 Å². The van der Waals surface area contributed by atoms with Crippen molar-refractivity contribution in [3.8, 4) is 0 Å². The second kappa shape index (κ2) is 4.80. The van der Waals surface area contributed by atoms with Crippen molar-refractivity contribution in [1.82, 2.24) is 4.90 Å². The van der Waals surface area contributed by atoms with Crippen LogP contribution in [0.4, 0.5) is 18.9 Å². The minimum absolute atomic E-state index is 0.262. The summed E-state index contributed by atoms with van der Waals surface area (Å²) in [5, 5.41) is 0. The number of nitrogens with zero attached hydrogens (tertiary/aromatic N) is 1. The molecule has 0 unspecified atom stereocenters. The van der Waals surface area contributed by atoms with Crippen molar-refractivity contribution in [2.75, 3.05) is 5.73 Å². The Morgan fingerprint density at radius 3 is 2.48 bits per heavy atom. The summed E-state index contributed by atoms with van der Waals surface area (Å²) >= 11 is 0. The molecule has 0 atom stereocenters. The number of halogens is 3. The smallest absolute Gasteiger partial charge is 0.257 e. The molecule has 108 valence electrons. The van der Waals surface area contributed by atoms with E-state index in [1.54, 1.807) is 18.2 Å². The van der Waals surface area contributed by atoms with E-state index in [9.17, 15) is 18.0 Å². The van der Waals surface area contributed by atoms with Gasteiger partial charge in [-0.1, -0.05) is 6.07 Å². The number of carbonyl (C=O) groups excluding carboxylic acids is 1. The van der Waals surface area contributed by atoms with E-state index >= 15 is 0 Å². The number of fused-ring (bicyclic) bond motifs is 1. The van der Waals surface area contributed by atoms with Gasteiger partial charge in [-0.25, -0.2) is 13.2 Å². The molecule has 0 radical (unpaired) electrons. The zero-order chi connectivity index (χ0) is 15.1. The zero-order valence-electron chi connectivity index (χ0n) is 10.9. The summed E-state index contributed by atoms with van der Waals surface area (Å²) in [4.78, 5) is 13.6. The van der Waals surface area contributed by atoms with Crippen LogP contribution in [0.15, 0.2) is 30.3 Å². The highest BCUT2D eigenvalue weighted by Crippen LogP contribution is 2.27. The number of anilines is 1. The quantitative estimate of drug-likeness (QED) is 0.649. The van der Waals surface area contributed by atoms with Crippen molar-refractivity contribution >= 4 is 11.6 Å². The third-order valence-corrected chi connectivity index (χ3v) is 3.51. The second-order valence-corrected chi connectivity index (χ2v) is 4.91. The number of hydrogen-bond donors (Lipinski definition) is 1. The number of hydrogen-bond acceptors (Lipinski definition) is 2. The molecular weight excluding hydrogens is 281 g/mol. The van der Waals surface area contributed by atoms with Gasteiger partial charge in [0.25, 0.3) is 5.91 Å². The molecule has 0 saturated carbocycles. The minimum atomic E-state index is -1.64. The maximum atomic E-state index is 13.7. The molecule has 2 aromatic rings. The van der Waals surface area contributed by atoms with Crippen LogP contribution in [0.1, 0.15) is 21.5 Å². The first-order valence-corrected chi connectivity index (χ1v) is 6.27.